The normalized spacial score (nSPS) is 55.1. The summed E-state index contributed by atoms with van der Waals surface area (Å²) in [7, 11) is 0. The van der Waals surface area contributed by atoms with E-state index in [2.05, 4.69) is 0 Å². The average Bonchev–Trinajstić information content (AvgIpc) is 3.08. The maximum Gasteiger partial charge on any atom is 0.187 e. The minimum absolute atomic E-state index is 0.407. The number of aliphatic hydroxyl groups excluding tert-OH is 13. The van der Waals surface area contributed by atoms with E-state index in [0.717, 1.165) is 0 Å². The van der Waals surface area contributed by atoms with Crippen molar-refractivity contribution in [2.75, 3.05) is 19.8 Å². The highest BCUT2D eigenvalue weighted by atomic mass is 16.8. The smallest absolute Gasteiger partial charge is 0.187 e. The summed E-state index contributed by atoms with van der Waals surface area (Å²) in [6.07, 6.45) is -36.4. The van der Waals surface area contributed by atoms with Gasteiger partial charge in [0.05, 0.1) is 32.0 Å². The summed E-state index contributed by atoms with van der Waals surface area (Å²) in [4.78, 5) is 0. The highest BCUT2D eigenvalue weighted by molar-refractivity contribution is 4.95. The number of hydrogen-bond donors (Lipinski definition) is 13. The van der Waals surface area contributed by atoms with Crippen LogP contribution in [0, 0.1) is 0 Å². The molecule has 0 aromatic rings. The predicted molar refractivity (Wildman–Crippen MR) is 152 cm³/mol. The van der Waals surface area contributed by atoms with E-state index in [1.54, 1.807) is 0 Å². The summed E-state index contributed by atoms with van der Waals surface area (Å²) in [6.45, 7) is 1.38. The first kappa shape index (κ1) is 40.3. The van der Waals surface area contributed by atoms with Crippen molar-refractivity contribution in [3.8, 4) is 0 Å². The van der Waals surface area contributed by atoms with Crippen molar-refractivity contribution >= 4 is 0 Å². The van der Waals surface area contributed by atoms with Crippen molar-refractivity contribution in [1.82, 2.24) is 0 Å². The van der Waals surface area contributed by atoms with Gasteiger partial charge in [0.15, 0.2) is 31.5 Å². The monoisotopic (exact) mass is 736 g/mol. The summed E-state index contributed by atoms with van der Waals surface area (Å²) in [5, 5.41) is 135. The molecule has 5 saturated heterocycles. The van der Waals surface area contributed by atoms with Crippen LogP contribution in [0.3, 0.4) is 0 Å². The van der Waals surface area contributed by atoms with E-state index >= 15 is 0 Å². The zero-order valence-electron chi connectivity index (χ0n) is 26.9. The van der Waals surface area contributed by atoms with Gasteiger partial charge in [-0.25, -0.2) is 0 Å². The van der Waals surface area contributed by atoms with Crippen molar-refractivity contribution in [3.05, 3.63) is 0 Å². The third-order valence-corrected chi connectivity index (χ3v) is 9.43. The molecule has 23 atom stereocenters. The van der Waals surface area contributed by atoms with Crippen LogP contribution >= 0.6 is 0 Å². The first-order chi connectivity index (χ1) is 23.5. The predicted octanol–water partition coefficient (Wildman–Crippen LogP) is -8.59. The molecule has 5 fully saturated rings. The van der Waals surface area contributed by atoms with Gasteiger partial charge in [-0.05, 0) is 13.8 Å². The molecule has 0 aliphatic carbocycles. The Morgan fingerprint density at radius 1 is 0.440 bits per heavy atom. The zero-order chi connectivity index (χ0) is 36.8. The van der Waals surface area contributed by atoms with Gasteiger partial charge in [-0.2, -0.15) is 0 Å². The number of rotatable bonds is 9. The Hall–Kier alpha value is -0.880. The van der Waals surface area contributed by atoms with Crippen LogP contribution in [0.4, 0.5) is 0 Å². The molecule has 292 valence electrons. The molecule has 5 aliphatic rings. The molecule has 0 saturated carbocycles. The van der Waals surface area contributed by atoms with Crippen molar-refractivity contribution in [2.45, 2.75) is 155 Å². The van der Waals surface area contributed by atoms with Crippen LogP contribution in [-0.4, -0.2) is 228 Å². The lowest BCUT2D eigenvalue weighted by molar-refractivity contribution is -0.380. The van der Waals surface area contributed by atoms with Gasteiger partial charge in [-0.15, -0.1) is 0 Å². The standard InChI is InChI=1S/C28H48O22/c1-6-11(31)14(34)18(38)25(45-6)44-5-10-13(33)15(35)23(24(41)47-10)50-28-19(39)16(36)21(7(2)46-28)48-27-20(40)22(9(30)4-43-27)49-26-17(37)12(32)8(29)3-42-26/h6-41H,3-5H2,1-2H3/t6-,7-,8+,9+,10+,11-,12-,13+,14+,15-,16-,17+,18+,19+,20+,21-,22-,23+,24+,25+,26-,27-,28-/m0/s1. The van der Waals surface area contributed by atoms with Crippen LogP contribution in [-0.2, 0) is 42.6 Å². The summed E-state index contributed by atoms with van der Waals surface area (Å²) >= 11 is 0. The second-order valence-corrected chi connectivity index (χ2v) is 13.1. The van der Waals surface area contributed by atoms with E-state index < -0.39 is 161 Å². The molecule has 50 heavy (non-hydrogen) atoms. The van der Waals surface area contributed by atoms with Gasteiger partial charge in [0.2, 0.25) is 0 Å². The molecular weight excluding hydrogens is 688 g/mol. The highest BCUT2D eigenvalue weighted by Crippen LogP contribution is 2.33. The van der Waals surface area contributed by atoms with Gasteiger partial charge in [0, 0.05) is 0 Å². The van der Waals surface area contributed by atoms with Gasteiger partial charge in [0.1, 0.15) is 97.7 Å². The van der Waals surface area contributed by atoms with E-state index in [9.17, 15) is 66.4 Å². The van der Waals surface area contributed by atoms with Crippen LogP contribution in [0.15, 0.2) is 0 Å². The maximum absolute atomic E-state index is 10.9. The van der Waals surface area contributed by atoms with Crippen LogP contribution in [0.1, 0.15) is 13.8 Å². The lowest BCUT2D eigenvalue weighted by Gasteiger charge is -2.47. The SMILES string of the molecule is C[C@@H]1O[C@@H](OC[C@H]2O[C@@H](O)[C@H](O[C@@H]3O[C@@H](C)[C@H](O[C@@H]4OC[C@@H](O)[C@H](O[C@@H]5OC[C@@H](O)[C@H](O)[C@H]5O)[C@H]4O)[C@@H](O)[C@H]3O)[C@@H](O)[C@@H]2O)[C@H](O)[C@H](O)[C@H]1O. The third-order valence-electron chi connectivity index (χ3n) is 9.43. The van der Waals surface area contributed by atoms with Gasteiger partial charge >= 0.3 is 0 Å². The molecular formula is C28H48O22. The molecule has 13 N–H and O–H groups in total. The quantitative estimate of drug-likeness (QED) is 0.104. The van der Waals surface area contributed by atoms with Crippen LogP contribution in [0.25, 0.3) is 0 Å². The van der Waals surface area contributed by atoms with Crippen LogP contribution < -0.4 is 0 Å². The van der Waals surface area contributed by atoms with Gasteiger partial charge in [-0.1, -0.05) is 0 Å². The molecule has 5 aliphatic heterocycles. The molecule has 22 heteroatoms. The van der Waals surface area contributed by atoms with Gasteiger partial charge in [0.25, 0.3) is 0 Å². The second kappa shape index (κ2) is 16.6. The molecule has 0 radical (unpaired) electrons. The largest absolute Gasteiger partial charge is 0.388 e. The number of aliphatic hydroxyl groups is 13. The Balaban J connectivity index is 1.14. The fourth-order valence-electron chi connectivity index (χ4n) is 6.28. The topological polar surface area (TPSA) is 346 Å². The van der Waals surface area contributed by atoms with Crippen LogP contribution in [0.2, 0.25) is 0 Å². The number of ether oxygens (including phenoxy) is 9. The first-order valence-electron chi connectivity index (χ1n) is 16.1. The zero-order valence-corrected chi connectivity index (χ0v) is 26.9. The Morgan fingerprint density at radius 3 is 1.64 bits per heavy atom. The van der Waals surface area contributed by atoms with E-state index in [1.165, 1.54) is 13.8 Å². The van der Waals surface area contributed by atoms with Gasteiger partial charge < -0.3 is 109 Å². The molecule has 0 aromatic carbocycles. The van der Waals surface area contributed by atoms with Crippen molar-refractivity contribution in [3.63, 3.8) is 0 Å². The molecule has 5 heterocycles. The average molecular weight is 737 g/mol. The van der Waals surface area contributed by atoms with E-state index in [0.29, 0.717) is 0 Å². The lowest BCUT2D eigenvalue weighted by atomic mass is 9.97. The molecule has 0 aromatic heterocycles. The van der Waals surface area contributed by atoms with E-state index in [1.807, 2.05) is 0 Å². The second-order valence-electron chi connectivity index (χ2n) is 13.1. The van der Waals surface area contributed by atoms with E-state index in [-0.39, 0.29) is 0 Å². The summed E-state index contributed by atoms with van der Waals surface area (Å²) in [6, 6.07) is 0. The molecule has 22 nitrogen and oxygen atoms in total. The first-order valence-corrected chi connectivity index (χ1v) is 16.1. The summed E-state index contributed by atoms with van der Waals surface area (Å²) in [5.74, 6) is 0. The molecule has 0 amide bonds. The Kier molecular flexibility index (Phi) is 13.4. The Labute approximate surface area is 284 Å². The fourth-order valence-corrected chi connectivity index (χ4v) is 6.28. The lowest BCUT2D eigenvalue weighted by Crippen LogP contribution is -2.65. The van der Waals surface area contributed by atoms with Crippen molar-refractivity contribution in [2.24, 2.45) is 0 Å². The molecule has 0 unspecified atom stereocenters. The van der Waals surface area contributed by atoms with Crippen molar-refractivity contribution < 1.29 is 109 Å². The summed E-state index contributed by atoms with van der Waals surface area (Å²) in [5.41, 5.74) is 0. The molecule has 0 spiro atoms. The molecule has 5 rings (SSSR count). The van der Waals surface area contributed by atoms with Crippen molar-refractivity contribution in [1.29, 1.82) is 0 Å². The molecule has 0 bridgehead atoms. The van der Waals surface area contributed by atoms with E-state index in [4.69, 9.17) is 42.6 Å². The highest BCUT2D eigenvalue weighted by Gasteiger charge is 2.53. The maximum atomic E-state index is 10.9. The third kappa shape index (κ3) is 8.27. The fraction of sp³-hybridized carbons (Fsp3) is 1.00. The number of hydrogen-bond acceptors (Lipinski definition) is 22. The summed E-state index contributed by atoms with van der Waals surface area (Å²) < 4.78 is 48.9. The van der Waals surface area contributed by atoms with Crippen LogP contribution in [0.5, 0.6) is 0 Å². The minimum atomic E-state index is -1.95. The Morgan fingerprint density at radius 2 is 0.960 bits per heavy atom. The Bertz CT molecular complexity index is 1080. The van der Waals surface area contributed by atoms with Gasteiger partial charge in [-0.3, -0.25) is 0 Å². The minimum Gasteiger partial charge on any atom is -0.388 e.